The number of rotatable bonds is 9. The summed E-state index contributed by atoms with van der Waals surface area (Å²) >= 11 is 0. The van der Waals surface area contributed by atoms with Gasteiger partial charge < -0.3 is 21.7 Å². The Kier molecular flexibility index (Phi) is 7.11. The summed E-state index contributed by atoms with van der Waals surface area (Å²) in [6.07, 6.45) is 5.13. The van der Waals surface area contributed by atoms with Crippen LogP contribution < -0.4 is 21.7 Å². The van der Waals surface area contributed by atoms with Gasteiger partial charge in [0.05, 0.1) is 31.5 Å². The molecule has 1 aromatic carbocycles. The van der Waals surface area contributed by atoms with Crippen LogP contribution >= 0.6 is 0 Å². The minimum absolute atomic E-state index is 0.711. The molecule has 1 aromatic rings. The molecule has 0 heterocycles. The zero-order valence-electron chi connectivity index (χ0n) is 12.3. The van der Waals surface area contributed by atoms with E-state index in [-0.39, 0.29) is 0 Å². The van der Waals surface area contributed by atoms with E-state index >= 15 is 0 Å². The van der Waals surface area contributed by atoms with Gasteiger partial charge in [-0.25, -0.2) is 0 Å². The molecule has 0 aliphatic carbocycles. The molecule has 0 saturated carbocycles. The summed E-state index contributed by atoms with van der Waals surface area (Å²) in [5.41, 5.74) is 14.0. The van der Waals surface area contributed by atoms with Gasteiger partial charge in [0.25, 0.3) is 0 Å². The highest BCUT2D eigenvalue weighted by Gasteiger charge is 2.02. The first-order valence-corrected chi connectivity index (χ1v) is 7.33. The Bertz CT molecular complexity index is 365. The van der Waals surface area contributed by atoms with Gasteiger partial charge in [-0.3, -0.25) is 0 Å². The molecule has 4 heteroatoms. The van der Waals surface area contributed by atoms with Crippen LogP contribution in [0.1, 0.15) is 32.6 Å². The number of benzene rings is 1. The van der Waals surface area contributed by atoms with E-state index in [0.29, 0.717) is 5.69 Å². The van der Waals surface area contributed by atoms with E-state index in [2.05, 4.69) is 19.3 Å². The summed E-state index contributed by atoms with van der Waals surface area (Å²) in [6.45, 7) is 5.68. The van der Waals surface area contributed by atoms with Crippen LogP contribution in [0.3, 0.4) is 0 Å². The number of anilines is 3. The molecule has 0 radical (unpaired) electrons. The highest BCUT2D eigenvalue weighted by atomic mass is 15.1. The Balaban J connectivity index is 2.16. The molecule has 1 rings (SSSR count). The maximum absolute atomic E-state index is 5.90. The molecule has 0 spiro atoms. The molecule has 0 bridgehead atoms. The normalized spacial score (nSPS) is 12.3. The molecule has 1 unspecified atom stereocenters. The Morgan fingerprint density at radius 1 is 1.11 bits per heavy atom. The number of nitrogens with two attached hydrogens (primary N) is 2. The Labute approximate surface area is 117 Å². The molecule has 108 valence electrons. The van der Waals surface area contributed by atoms with Crippen LogP contribution in [0.5, 0.6) is 0 Å². The molecule has 0 fully saturated rings. The monoisotopic (exact) mass is 265 g/mol. The maximum Gasteiger partial charge on any atom is 0.0785 e. The predicted molar refractivity (Wildman–Crippen MR) is 84.5 cm³/mol. The quantitative estimate of drug-likeness (QED) is 0.402. The van der Waals surface area contributed by atoms with E-state index in [1.807, 2.05) is 12.1 Å². The van der Waals surface area contributed by atoms with Crippen molar-refractivity contribution in [1.82, 2.24) is 0 Å². The standard InChI is InChI=1S/C15H28N4/c1-3-4-5-10-19(2)11-6-9-18-15-8-7-13(16)12-14(15)17/h7-8,12,18H,3-6,9-11,16-17H2,1-2H3/p+1. The highest BCUT2D eigenvalue weighted by Crippen LogP contribution is 2.20. The first-order chi connectivity index (χ1) is 9.13. The molecule has 0 aliphatic rings. The fraction of sp³-hybridized carbons (Fsp3) is 0.600. The van der Waals surface area contributed by atoms with E-state index in [9.17, 15) is 0 Å². The molecule has 0 aromatic heterocycles. The minimum Gasteiger partial charge on any atom is -0.399 e. The zero-order chi connectivity index (χ0) is 14.1. The predicted octanol–water partition coefficient (Wildman–Crippen LogP) is 1.36. The van der Waals surface area contributed by atoms with Crippen LogP contribution in [-0.4, -0.2) is 26.7 Å². The number of nitrogens with one attached hydrogen (secondary N) is 2. The Hall–Kier alpha value is -1.42. The number of nitrogen functional groups attached to an aromatic ring is 2. The van der Waals surface area contributed by atoms with Crippen molar-refractivity contribution in [2.75, 3.05) is 43.5 Å². The summed E-state index contributed by atoms with van der Waals surface area (Å²) in [7, 11) is 2.27. The zero-order valence-corrected chi connectivity index (χ0v) is 12.3. The van der Waals surface area contributed by atoms with Crippen molar-refractivity contribution in [1.29, 1.82) is 0 Å². The van der Waals surface area contributed by atoms with Gasteiger partial charge in [0, 0.05) is 18.7 Å². The van der Waals surface area contributed by atoms with Crippen molar-refractivity contribution < 1.29 is 4.90 Å². The third kappa shape index (κ3) is 6.34. The molecule has 0 saturated heterocycles. The van der Waals surface area contributed by atoms with Crippen LogP contribution in [0.4, 0.5) is 17.1 Å². The molecular formula is C15H29N4+. The van der Waals surface area contributed by atoms with Crippen LogP contribution in [0.15, 0.2) is 18.2 Å². The summed E-state index contributed by atoms with van der Waals surface area (Å²) in [4.78, 5) is 1.61. The Morgan fingerprint density at radius 2 is 1.84 bits per heavy atom. The van der Waals surface area contributed by atoms with Gasteiger partial charge in [-0.2, -0.15) is 0 Å². The summed E-state index contributed by atoms with van der Waals surface area (Å²) in [6, 6.07) is 5.62. The second kappa shape index (κ2) is 8.64. The lowest BCUT2D eigenvalue weighted by atomic mass is 10.2. The van der Waals surface area contributed by atoms with E-state index in [0.717, 1.165) is 24.3 Å². The van der Waals surface area contributed by atoms with Gasteiger partial charge in [-0.1, -0.05) is 13.3 Å². The Morgan fingerprint density at radius 3 is 2.53 bits per heavy atom. The molecule has 19 heavy (non-hydrogen) atoms. The van der Waals surface area contributed by atoms with Gasteiger partial charge in [-0.05, 0) is 31.0 Å². The van der Waals surface area contributed by atoms with Crippen LogP contribution in [0.25, 0.3) is 0 Å². The summed E-state index contributed by atoms with van der Waals surface area (Å²) in [5.74, 6) is 0. The van der Waals surface area contributed by atoms with Gasteiger partial charge in [0.1, 0.15) is 0 Å². The van der Waals surface area contributed by atoms with E-state index in [1.54, 1.807) is 11.0 Å². The first kappa shape index (κ1) is 15.6. The van der Waals surface area contributed by atoms with Crippen molar-refractivity contribution in [2.45, 2.75) is 32.6 Å². The van der Waals surface area contributed by atoms with Gasteiger partial charge in [0.15, 0.2) is 0 Å². The second-order valence-electron chi connectivity index (χ2n) is 5.29. The number of hydrogen-bond donors (Lipinski definition) is 4. The van der Waals surface area contributed by atoms with E-state index in [1.165, 1.54) is 32.4 Å². The molecule has 4 nitrogen and oxygen atoms in total. The van der Waals surface area contributed by atoms with E-state index in [4.69, 9.17) is 11.5 Å². The lowest BCUT2D eigenvalue weighted by molar-refractivity contribution is -0.879. The van der Waals surface area contributed by atoms with Gasteiger partial charge in [-0.15, -0.1) is 0 Å². The SMILES string of the molecule is CCCCC[NH+](C)CCCNc1ccc(N)cc1N. The topological polar surface area (TPSA) is 68.5 Å². The maximum atomic E-state index is 5.90. The van der Waals surface area contributed by atoms with Gasteiger partial charge >= 0.3 is 0 Å². The summed E-state index contributed by atoms with van der Waals surface area (Å²) < 4.78 is 0. The summed E-state index contributed by atoms with van der Waals surface area (Å²) in [5, 5.41) is 3.37. The number of hydrogen-bond acceptors (Lipinski definition) is 3. The van der Waals surface area contributed by atoms with E-state index < -0.39 is 0 Å². The third-order valence-electron chi connectivity index (χ3n) is 3.38. The largest absolute Gasteiger partial charge is 0.399 e. The number of quaternary nitrogens is 1. The van der Waals surface area contributed by atoms with Crippen molar-refractivity contribution in [3.63, 3.8) is 0 Å². The highest BCUT2D eigenvalue weighted by molar-refractivity contribution is 5.70. The second-order valence-corrected chi connectivity index (χ2v) is 5.29. The van der Waals surface area contributed by atoms with Crippen LogP contribution in [0, 0.1) is 0 Å². The molecule has 1 atom stereocenters. The average Bonchev–Trinajstić information content (AvgIpc) is 2.37. The lowest BCUT2D eigenvalue weighted by Gasteiger charge is -2.14. The smallest absolute Gasteiger partial charge is 0.0785 e. The molecule has 6 N–H and O–H groups in total. The van der Waals surface area contributed by atoms with Crippen molar-refractivity contribution >= 4 is 17.1 Å². The van der Waals surface area contributed by atoms with Crippen molar-refractivity contribution in [3.8, 4) is 0 Å². The van der Waals surface area contributed by atoms with Crippen molar-refractivity contribution in [3.05, 3.63) is 18.2 Å². The van der Waals surface area contributed by atoms with Crippen LogP contribution in [0.2, 0.25) is 0 Å². The average molecular weight is 265 g/mol. The van der Waals surface area contributed by atoms with Crippen LogP contribution in [-0.2, 0) is 0 Å². The third-order valence-corrected chi connectivity index (χ3v) is 3.38. The molecule has 0 aliphatic heterocycles. The van der Waals surface area contributed by atoms with Crippen molar-refractivity contribution in [2.24, 2.45) is 0 Å². The molecular weight excluding hydrogens is 236 g/mol. The fourth-order valence-electron chi connectivity index (χ4n) is 2.16. The number of unbranched alkanes of at least 4 members (excludes halogenated alkanes) is 2. The molecule has 0 amide bonds. The van der Waals surface area contributed by atoms with Gasteiger partial charge in [0.2, 0.25) is 0 Å². The fourth-order valence-corrected chi connectivity index (χ4v) is 2.16. The first-order valence-electron chi connectivity index (χ1n) is 7.33. The lowest BCUT2D eigenvalue weighted by Crippen LogP contribution is -3.09. The minimum atomic E-state index is 0.711.